The second-order valence-electron chi connectivity index (χ2n) is 5.23. The number of benzene rings is 1. The monoisotopic (exact) mass is 338 g/mol. The Kier molecular flexibility index (Phi) is 5.90. The van der Waals surface area contributed by atoms with Gasteiger partial charge in [0.15, 0.2) is 5.78 Å². The minimum Gasteiger partial charge on any atom is -0.325 e. The molecule has 0 spiro atoms. The summed E-state index contributed by atoms with van der Waals surface area (Å²) in [5, 5.41) is 6.24. The maximum Gasteiger partial charge on any atom is 0.234 e. The van der Waals surface area contributed by atoms with Gasteiger partial charge in [0.2, 0.25) is 11.8 Å². The number of ketones is 1. The van der Waals surface area contributed by atoms with Crippen molar-refractivity contribution in [1.82, 2.24) is 0 Å². The molecule has 118 valence electrons. The van der Waals surface area contributed by atoms with E-state index in [1.807, 2.05) is 13.8 Å². The molecular weight excluding hydrogens is 320 g/mol. The summed E-state index contributed by atoms with van der Waals surface area (Å²) in [6.45, 7) is 3.63. The van der Waals surface area contributed by atoms with E-state index >= 15 is 0 Å². The molecule has 2 amide bonds. The molecule has 0 saturated carbocycles. The van der Waals surface area contributed by atoms with Crippen molar-refractivity contribution in [3.8, 4) is 0 Å². The van der Waals surface area contributed by atoms with Crippen LogP contribution < -0.4 is 10.6 Å². The Hall–Kier alpha value is -1.47. The number of carbonyl (C=O) groups is 3. The zero-order chi connectivity index (χ0) is 16.1. The zero-order valence-corrected chi connectivity index (χ0v) is 14.1. The average molecular weight is 338 g/mol. The van der Waals surface area contributed by atoms with Crippen LogP contribution in [0, 0.1) is 5.92 Å². The highest BCUT2D eigenvalue weighted by atomic mass is 32.2. The molecule has 7 heteroatoms. The van der Waals surface area contributed by atoms with Gasteiger partial charge in [-0.15, -0.1) is 23.5 Å². The van der Waals surface area contributed by atoms with E-state index in [9.17, 15) is 14.4 Å². The van der Waals surface area contributed by atoms with Gasteiger partial charge in [-0.05, 0) is 18.2 Å². The molecule has 0 aromatic heterocycles. The van der Waals surface area contributed by atoms with E-state index in [1.165, 1.54) is 23.5 Å². The Labute approximate surface area is 138 Å². The highest BCUT2D eigenvalue weighted by Gasteiger charge is 2.15. The topological polar surface area (TPSA) is 75.3 Å². The molecule has 5 nitrogen and oxygen atoms in total. The molecule has 2 N–H and O–H groups in total. The number of carbonyl (C=O) groups excluding carboxylic acids is 3. The van der Waals surface area contributed by atoms with E-state index in [1.54, 1.807) is 18.2 Å². The highest BCUT2D eigenvalue weighted by Crippen LogP contribution is 2.23. The lowest BCUT2D eigenvalue weighted by Crippen LogP contribution is -2.19. The third kappa shape index (κ3) is 4.78. The van der Waals surface area contributed by atoms with E-state index in [2.05, 4.69) is 10.6 Å². The van der Waals surface area contributed by atoms with Crippen LogP contribution in [0.25, 0.3) is 0 Å². The van der Waals surface area contributed by atoms with Crippen LogP contribution in [0.1, 0.15) is 24.2 Å². The van der Waals surface area contributed by atoms with Gasteiger partial charge in [-0.1, -0.05) is 13.8 Å². The van der Waals surface area contributed by atoms with E-state index in [-0.39, 0.29) is 23.5 Å². The molecule has 2 rings (SSSR count). The minimum atomic E-state index is -0.153. The fraction of sp³-hybridized carbons (Fsp3) is 0.400. The number of amides is 2. The summed E-state index contributed by atoms with van der Waals surface area (Å²) in [5.41, 5.74) is 1.54. The number of nitrogens with one attached hydrogen (secondary N) is 2. The quantitative estimate of drug-likeness (QED) is 0.811. The largest absolute Gasteiger partial charge is 0.325 e. The van der Waals surface area contributed by atoms with E-state index < -0.39 is 0 Å². The van der Waals surface area contributed by atoms with Crippen LogP contribution in [0.3, 0.4) is 0 Å². The second kappa shape index (κ2) is 7.69. The molecule has 0 unspecified atom stereocenters. The Bertz CT molecular complexity index is 564. The van der Waals surface area contributed by atoms with Crippen molar-refractivity contribution in [3.05, 3.63) is 23.8 Å². The Balaban J connectivity index is 2.35. The molecule has 2 bridgehead atoms. The summed E-state index contributed by atoms with van der Waals surface area (Å²) in [4.78, 5) is 35.9. The molecule has 1 aromatic carbocycles. The van der Waals surface area contributed by atoms with Gasteiger partial charge in [0.25, 0.3) is 0 Å². The van der Waals surface area contributed by atoms with Crippen LogP contribution in [0.15, 0.2) is 18.2 Å². The molecule has 0 aliphatic carbocycles. The lowest BCUT2D eigenvalue weighted by molar-refractivity contribution is -0.114. The maximum absolute atomic E-state index is 12.2. The second-order valence-corrected chi connectivity index (χ2v) is 7.57. The smallest absolute Gasteiger partial charge is 0.234 e. The summed E-state index contributed by atoms with van der Waals surface area (Å²) in [6, 6.07) is 4.98. The van der Waals surface area contributed by atoms with Crippen molar-refractivity contribution < 1.29 is 14.4 Å². The van der Waals surface area contributed by atoms with E-state index in [0.29, 0.717) is 33.5 Å². The first kappa shape index (κ1) is 16.9. The predicted octanol–water partition coefficient (Wildman–Crippen LogP) is 2.84. The van der Waals surface area contributed by atoms with Gasteiger partial charge < -0.3 is 10.6 Å². The molecule has 1 aromatic rings. The van der Waals surface area contributed by atoms with Crippen molar-refractivity contribution in [2.75, 3.05) is 27.2 Å². The standard InChI is InChI=1S/C15H18N2O3S2/c1-9(2)15(20)10-3-11-5-12(4-10)17-14(19)7-22-8-21-6-13(18)16-11/h3-5,9H,6-8H2,1-2H3,(H,16,18)(H,17,19). The molecule has 0 fully saturated rings. The first-order valence-electron chi connectivity index (χ1n) is 6.90. The van der Waals surface area contributed by atoms with Gasteiger partial charge in [0.1, 0.15) is 0 Å². The van der Waals surface area contributed by atoms with Gasteiger partial charge in [0.05, 0.1) is 11.5 Å². The SMILES string of the molecule is CC(C)C(=O)c1cc2cc(c1)NC(=O)CSCSCC(=O)N2. The third-order valence-electron chi connectivity index (χ3n) is 2.94. The van der Waals surface area contributed by atoms with Gasteiger partial charge in [-0.25, -0.2) is 0 Å². The molecule has 0 saturated heterocycles. The molecule has 1 aliphatic heterocycles. The molecular formula is C15H18N2O3S2. The number of fused-ring (bicyclic) bond motifs is 2. The highest BCUT2D eigenvalue weighted by molar-refractivity contribution is 8.16. The van der Waals surface area contributed by atoms with Crippen molar-refractivity contribution in [2.45, 2.75) is 13.8 Å². The predicted molar refractivity (Wildman–Crippen MR) is 92.7 cm³/mol. The molecule has 1 aliphatic rings. The number of hydrogen-bond acceptors (Lipinski definition) is 5. The van der Waals surface area contributed by atoms with Crippen LogP contribution in [0.4, 0.5) is 11.4 Å². The first-order valence-corrected chi connectivity index (χ1v) is 9.21. The van der Waals surface area contributed by atoms with Crippen LogP contribution in [-0.4, -0.2) is 34.2 Å². The normalized spacial score (nSPS) is 16.3. The number of rotatable bonds is 2. The number of hydrogen-bond donors (Lipinski definition) is 2. The van der Waals surface area contributed by atoms with Gasteiger partial charge >= 0.3 is 0 Å². The molecule has 22 heavy (non-hydrogen) atoms. The maximum atomic E-state index is 12.2. The third-order valence-corrected chi connectivity index (χ3v) is 5.21. The Morgan fingerprint density at radius 1 is 1.00 bits per heavy atom. The van der Waals surface area contributed by atoms with Crippen molar-refractivity contribution in [2.24, 2.45) is 5.92 Å². The summed E-state index contributed by atoms with van der Waals surface area (Å²) in [7, 11) is 0. The lowest BCUT2D eigenvalue weighted by Gasteiger charge is -2.14. The fourth-order valence-corrected chi connectivity index (χ4v) is 3.62. The van der Waals surface area contributed by atoms with Crippen molar-refractivity contribution >= 4 is 52.5 Å². The van der Waals surface area contributed by atoms with Crippen molar-refractivity contribution in [1.29, 1.82) is 0 Å². The number of thioether (sulfide) groups is 2. The number of Topliss-reactive ketones (excluding diaryl/α,β-unsaturated/α-hetero) is 1. The summed E-state index contributed by atoms with van der Waals surface area (Å²) in [6.07, 6.45) is 0. The van der Waals surface area contributed by atoms with Crippen molar-refractivity contribution in [3.63, 3.8) is 0 Å². The van der Waals surface area contributed by atoms with Crippen LogP contribution >= 0.6 is 23.5 Å². The number of anilines is 2. The summed E-state index contributed by atoms with van der Waals surface area (Å²) >= 11 is 2.93. The average Bonchev–Trinajstić information content (AvgIpc) is 2.44. The van der Waals surface area contributed by atoms with Crippen LogP contribution in [0.5, 0.6) is 0 Å². The van der Waals surface area contributed by atoms with Gasteiger partial charge in [0, 0.05) is 27.9 Å². The first-order chi connectivity index (χ1) is 10.5. The van der Waals surface area contributed by atoms with E-state index in [4.69, 9.17) is 0 Å². The Morgan fingerprint density at radius 3 is 1.95 bits per heavy atom. The van der Waals surface area contributed by atoms with Gasteiger partial charge in [-0.3, -0.25) is 14.4 Å². The fourth-order valence-electron chi connectivity index (χ4n) is 1.97. The molecule has 0 atom stereocenters. The van der Waals surface area contributed by atoms with Crippen LogP contribution in [0.2, 0.25) is 0 Å². The zero-order valence-electron chi connectivity index (χ0n) is 12.5. The lowest BCUT2D eigenvalue weighted by atomic mass is 10.00. The summed E-state index contributed by atoms with van der Waals surface area (Å²) < 4.78 is 0. The summed E-state index contributed by atoms with van der Waals surface area (Å²) in [5.74, 6) is 0.246. The van der Waals surface area contributed by atoms with E-state index in [0.717, 1.165) is 0 Å². The molecule has 0 radical (unpaired) electrons. The van der Waals surface area contributed by atoms with Gasteiger partial charge in [-0.2, -0.15) is 0 Å². The van der Waals surface area contributed by atoms with Crippen LogP contribution in [-0.2, 0) is 9.59 Å². The minimum absolute atomic E-state index is 0.0255. The molecule has 1 heterocycles. The Morgan fingerprint density at radius 2 is 1.50 bits per heavy atom.